The molecule has 2 N–H and O–H groups in total. The van der Waals surface area contributed by atoms with E-state index in [9.17, 15) is 0 Å². The molecule has 0 spiro atoms. The Hall–Kier alpha value is -0.880. The second-order valence-corrected chi connectivity index (χ2v) is 4.60. The molecule has 0 bridgehead atoms. The molecule has 0 aliphatic heterocycles. The summed E-state index contributed by atoms with van der Waals surface area (Å²) in [6.45, 7) is 1.85. The topological polar surface area (TPSA) is 52.0 Å². The highest BCUT2D eigenvalue weighted by atomic mass is 127. The average molecular weight is 314 g/mol. The van der Waals surface area contributed by atoms with Gasteiger partial charge in [-0.05, 0) is 41.6 Å². The standard InChI is InChI=1S/C11H11IN2O/c1-7(13)11-14-6-10(15-11)8-2-4-9(12)5-3-8/h2-7H,13H2,1H3. The second-order valence-electron chi connectivity index (χ2n) is 3.36. The number of nitrogens with two attached hydrogens (primary N) is 1. The predicted octanol–water partition coefficient (Wildman–Crippen LogP) is 2.97. The largest absolute Gasteiger partial charge is 0.439 e. The van der Waals surface area contributed by atoms with Crippen LogP contribution in [-0.4, -0.2) is 4.98 Å². The van der Waals surface area contributed by atoms with Crippen molar-refractivity contribution < 1.29 is 4.42 Å². The third-order valence-corrected chi connectivity index (χ3v) is 2.76. The summed E-state index contributed by atoms with van der Waals surface area (Å²) in [7, 11) is 0. The predicted molar refractivity (Wildman–Crippen MR) is 67.3 cm³/mol. The van der Waals surface area contributed by atoms with Crippen molar-refractivity contribution in [3.05, 3.63) is 39.9 Å². The van der Waals surface area contributed by atoms with E-state index in [1.807, 2.05) is 31.2 Å². The zero-order valence-corrected chi connectivity index (χ0v) is 10.4. The molecule has 0 radical (unpaired) electrons. The lowest BCUT2D eigenvalue weighted by Gasteiger charge is -1.98. The minimum atomic E-state index is -0.164. The Balaban J connectivity index is 2.33. The summed E-state index contributed by atoms with van der Waals surface area (Å²) in [5.74, 6) is 1.34. The van der Waals surface area contributed by atoms with Crippen LogP contribution >= 0.6 is 22.6 Å². The molecule has 1 aromatic carbocycles. The van der Waals surface area contributed by atoms with Crippen LogP contribution in [0.3, 0.4) is 0 Å². The molecule has 2 rings (SSSR count). The van der Waals surface area contributed by atoms with Crippen LogP contribution in [0.15, 0.2) is 34.9 Å². The fourth-order valence-corrected chi connectivity index (χ4v) is 1.61. The molecule has 1 heterocycles. The van der Waals surface area contributed by atoms with Crippen LogP contribution in [-0.2, 0) is 0 Å². The molecule has 1 atom stereocenters. The van der Waals surface area contributed by atoms with E-state index in [0.717, 1.165) is 11.3 Å². The molecule has 15 heavy (non-hydrogen) atoms. The highest BCUT2D eigenvalue weighted by Crippen LogP contribution is 2.22. The number of nitrogens with zero attached hydrogens (tertiary/aromatic N) is 1. The van der Waals surface area contributed by atoms with Gasteiger partial charge in [0.1, 0.15) is 0 Å². The first kappa shape index (κ1) is 10.6. The molecule has 0 amide bonds. The Morgan fingerprint density at radius 2 is 2.00 bits per heavy atom. The highest BCUT2D eigenvalue weighted by molar-refractivity contribution is 14.1. The number of aromatic nitrogens is 1. The zero-order valence-electron chi connectivity index (χ0n) is 8.27. The summed E-state index contributed by atoms with van der Waals surface area (Å²) in [4.78, 5) is 4.12. The molecule has 0 fully saturated rings. The summed E-state index contributed by atoms with van der Waals surface area (Å²) < 4.78 is 6.73. The lowest BCUT2D eigenvalue weighted by atomic mass is 10.2. The summed E-state index contributed by atoms with van der Waals surface area (Å²) in [6, 6.07) is 7.91. The van der Waals surface area contributed by atoms with Crippen LogP contribution in [0.2, 0.25) is 0 Å². The maximum Gasteiger partial charge on any atom is 0.211 e. The van der Waals surface area contributed by atoms with Gasteiger partial charge in [-0.2, -0.15) is 0 Å². The van der Waals surface area contributed by atoms with Crippen molar-refractivity contribution in [1.29, 1.82) is 0 Å². The summed E-state index contributed by atoms with van der Waals surface area (Å²) in [5, 5.41) is 0. The first-order chi connectivity index (χ1) is 7.16. The van der Waals surface area contributed by atoms with Gasteiger partial charge in [0.25, 0.3) is 0 Å². The van der Waals surface area contributed by atoms with Crippen LogP contribution in [0.5, 0.6) is 0 Å². The Morgan fingerprint density at radius 1 is 1.33 bits per heavy atom. The minimum Gasteiger partial charge on any atom is -0.439 e. The van der Waals surface area contributed by atoms with Crippen molar-refractivity contribution in [2.75, 3.05) is 0 Å². The van der Waals surface area contributed by atoms with Gasteiger partial charge in [0.05, 0.1) is 12.2 Å². The van der Waals surface area contributed by atoms with Gasteiger partial charge in [-0.1, -0.05) is 12.1 Å². The smallest absolute Gasteiger partial charge is 0.211 e. The molecular formula is C11H11IN2O. The van der Waals surface area contributed by atoms with Crippen molar-refractivity contribution in [3.8, 4) is 11.3 Å². The van der Waals surface area contributed by atoms with E-state index in [-0.39, 0.29) is 6.04 Å². The molecule has 1 unspecified atom stereocenters. The molecule has 1 aromatic heterocycles. The lowest BCUT2D eigenvalue weighted by Crippen LogP contribution is -2.04. The lowest BCUT2D eigenvalue weighted by molar-refractivity contribution is 0.473. The van der Waals surface area contributed by atoms with Crippen LogP contribution < -0.4 is 5.73 Å². The van der Waals surface area contributed by atoms with Gasteiger partial charge in [-0.3, -0.25) is 0 Å². The van der Waals surface area contributed by atoms with Crippen molar-refractivity contribution in [2.45, 2.75) is 13.0 Å². The maximum atomic E-state index is 5.67. The third kappa shape index (κ3) is 2.38. The van der Waals surface area contributed by atoms with E-state index >= 15 is 0 Å². The van der Waals surface area contributed by atoms with Gasteiger partial charge in [0, 0.05) is 9.13 Å². The van der Waals surface area contributed by atoms with Crippen molar-refractivity contribution in [2.24, 2.45) is 5.73 Å². The van der Waals surface area contributed by atoms with E-state index in [1.165, 1.54) is 3.57 Å². The maximum absolute atomic E-state index is 5.67. The normalized spacial score (nSPS) is 12.7. The van der Waals surface area contributed by atoms with Gasteiger partial charge in [-0.25, -0.2) is 4.98 Å². The molecule has 3 nitrogen and oxygen atoms in total. The van der Waals surface area contributed by atoms with Crippen molar-refractivity contribution in [3.63, 3.8) is 0 Å². The molecule has 4 heteroatoms. The first-order valence-electron chi connectivity index (χ1n) is 4.64. The van der Waals surface area contributed by atoms with Crippen molar-refractivity contribution >= 4 is 22.6 Å². The van der Waals surface area contributed by atoms with Gasteiger partial charge in [0.2, 0.25) is 5.89 Å². The Bertz CT molecular complexity index is 448. The van der Waals surface area contributed by atoms with E-state index in [0.29, 0.717) is 5.89 Å². The fraction of sp³-hybridized carbons (Fsp3) is 0.182. The molecule has 0 aliphatic carbocycles. The molecule has 0 aliphatic rings. The molecular weight excluding hydrogens is 303 g/mol. The minimum absolute atomic E-state index is 0.164. The second kappa shape index (κ2) is 4.32. The third-order valence-electron chi connectivity index (χ3n) is 2.04. The Labute approximate surface area is 102 Å². The Kier molecular flexibility index (Phi) is 3.06. The molecule has 2 aromatic rings. The molecule has 78 valence electrons. The van der Waals surface area contributed by atoms with E-state index < -0.39 is 0 Å². The average Bonchev–Trinajstić information content (AvgIpc) is 2.68. The van der Waals surface area contributed by atoms with Crippen LogP contribution in [0.1, 0.15) is 18.9 Å². The zero-order chi connectivity index (χ0) is 10.8. The fourth-order valence-electron chi connectivity index (χ4n) is 1.25. The summed E-state index contributed by atoms with van der Waals surface area (Å²) in [5.41, 5.74) is 6.69. The summed E-state index contributed by atoms with van der Waals surface area (Å²) >= 11 is 2.27. The molecule has 0 saturated heterocycles. The number of hydrogen-bond acceptors (Lipinski definition) is 3. The first-order valence-corrected chi connectivity index (χ1v) is 5.72. The van der Waals surface area contributed by atoms with E-state index in [2.05, 4.69) is 27.6 Å². The number of hydrogen-bond donors (Lipinski definition) is 1. The highest BCUT2D eigenvalue weighted by Gasteiger charge is 2.09. The van der Waals surface area contributed by atoms with Gasteiger partial charge < -0.3 is 10.2 Å². The van der Waals surface area contributed by atoms with E-state index in [1.54, 1.807) is 6.20 Å². The number of rotatable bonds is 2. The number of halogens is 1. The number of benzene rings is 1. The SMILES string of the molecule is CC(N)c1ncc(-c2ccc(I)cc2)o1. The number of oxazole rings is 1. The van der Waals surface area contributed by atoms with Gasteiger partial charge in [-0.15, -0.1) is 0 Å². The van der Waals surface area contributed by atoms with Crippen LogP contribution in [0.25, 0.3) is 11.3 Å². The molecule has 0 saturated carbocycles. The van der Waals surface area contributed by atoms with Crippen LogP contribution in [0.4, 0.5) is 0 Å². The monoisotopic (exact) mass is 314 g/mol. The quantitative estimate of drug-likeness (QED) is 0.867. The Morgan fingerprint density at radius 3 is 2.53 bits per heavy atom. The van der Waals surface area contributed by atoms with Gasteiger partial charge >= 0.3 is 0 Å². The van der Waals surface area contributed by atoms with E-state index in [4.69, 9.17) is 10.2 Å². The van der Waals surface area contributed by atoms with Crippen LogP contribution in [0, 0.1) is 3.57 Å². The summed E-state index contributed by atoms with van der Waals surface area (Å²) in [6.07, 6.45) is 1.71. The van der Waals surface area contributed by atoms with Crippen molar-refractivity contribution in [1.82, 2.24) is 4.98 Å². The van der Waals surface area contributed by atoms with Gasteiger partial charge in [0.15, 0.2) is 5.76 Å².